The van der Waals surface area contributed by atoms with Crippen molar-refractivity contribution in [2.24, 2.45) is 5.92 Å². The second kappa shape index (κ2) is 11.6. The summed E-state index contributed by atoms with van der Waals surface area (Å²) in [5, 5.41) is 0.0167. The van der Waals surface area contributed by atoms with E-state index >= 15 is 0 Å². The summed E-state index contributed by atoms with van der Waals surface area (Å²) in [4.78, 5) is 13.0. The molecular weight excluding hydrogens is 537 g/mol. The Hall–Kier alpha value is -1.60. The Labute approximate surface area is 245 Å². The highest BCUT2D eigenvalue weighted by molar-refractivity contribution is 7.91. The fourth-order valence-corrected chi connectivity index (χ4v) is 7.66. The topological polar surface area (TPSA) is 69.7 Å². The van der Waals surface area contributed by atoms with E-state index in [0.717, 1.165) is 29.7 Å². The highest BCUT2D eigenvalue weighted by atomic mass is 32.2. The molecule has 40 heavy (non-hydrogen) atoms. The van der Waals surface area contributed by atoms with Crippen molar-refractivity contribution in [3.63, 3.8) is 0 Å². The van der Waals surface area contributed by atoms with Gasteiger partial charge in [-0.3, -0.25) is 4.79 Å². The van der Waals surface area contributed by atoms with Crippen LogP contribution < -0.4 is 9.16 Å². The first-order chi connectivity index (χ1) is 18.2. The molecule has 0 aromatic heterocycles. The van der Waals surface area contributed by atoms with E-state index in [2.05, 4.69) is 80.6 Å². The smallest absolute Gasteiger partial charge is 0.250 e. The molecule has 1 aliphatic carbocycles. The number of ether oxygens (including phenoxy) is 1. The van der Waals surface area contributed by atoms with Gasteiger partial charge < -0.3 is 9.16 Å². The van der Waals surface area contributed by atoms with E-state index in [1.807, 2.05) is 6.08 Å². The zero-order valence-corrected chi connectivity index (χ0v) is 28.8. The standard InChI is InChI=1S/C33H54O5SSi/c1-12-13-14-15-18-32(5,6)24-20-28-30(29(21-24)38-40(10,11)31(2,3)4)25-19-23(27(34)22-39(9,35)36)16-17-26(25)33(7,8)37-28/h16,20-21,25-26H,12-15,17-19,22H2,1-11H3/t25-,26-/m1/s1. The van der Waals surface area contributed by atoms with E-state index in [0.29, 0.717) is 18.4 Å². The van der Waals surface area contributed by atoms with Gasteiger partial charge in [-0.15, -0.1) is 0 Å². The molecule has 1 aromatic rings. The van der Waals surface area contributed by atoms with Gasteiger partial charge in [0, 0.05) is 23.7 Å². The molecule has 0 saturated carbocycles. The molecule has 2 aliphatic rings. The summed E-state index contributed by atoms with van der Waals surface area (Å²) in [6.45, 7) is 22.5. The fourth-order valence-electron chi connectivity index (χ4n) is 5.98. The van der Waals surface area contributed by atoms with Crippen molar-refractivity contribution in [3.8, 4) is 11.5 Å². The minimum Gasteiger partial charge on any atom is -0.543 e. The zero-order chi connectivity index (χ0) is 30.3. The maximum atomic E-state index is 13.0. The van der Waals surface area contributed by atoms with Crippen molar-refractivity contribution >= 4 is 23.9 Å². The number of allylic oxidation sites excluding steroid dienone is 2. The molecule has 5 nitrogen and oxygen atoms in total. The maximum absolute atomic E-state index is 13.0. The van der Waals surface area contributed by atoms with Gasteiger partial charge in [-0.25, -0.2) is 8.42 Å². The molecule has 0 radical (unpaired) electrons. The Morgan fingerprint density at radius 3 is 2.33 bits per heavy atom. The summed E-state index contributed by atoms with van der Waals surface area (Å²) in [6, 6.07) is 4.48. The molecular formula is C33H54O5SSi. The highest BCUT2D eigenvalue weighted by Gasteiger charge is 2.48. The van der Waals surface area contributed by atoms with Crippen molar-refractivity contribution in [1.29, 1.82) is 0 Å². The molecule has 0 bridgehead atoms. The average molecular weight is 591 g/mol. The molecule has 2 atom stereocenters. The monoisotopic (exact) mass is 590 g/mol. The number of hydrogen-bond acceptors (Lipinski definition) is 5. The first-order valence-electron chi connectivity index (χ1n) is 15.1. The SMILES string of the molecule is CCCCCCC(C)(C)c1cc2c(c(O[Si](C)(C)C(C)(C)C)c1)[C@@H]1CC(C(=O)CS(C)(=O)=O)=CC[C@H]1C(C)(C)O2. The highest BCUT2D eigenvalue weighted by Crippen LogP contribution is 2.56. The second-order valence-electron chi connectivity index (χ2n) is 15.0. The molecule has 3 rings (SSSR count). The van der Waals surface area contributed by atoms with Crippen LogP contribution >= 0.6 is 0 Å². The molecule has 7 heteroatoms. The predicted octanol–water partition coefficient (Wildman–Crippen LogP) is 8.52. The summed E-state index contributed by atoms with van der Waals surface area (Å²) >= 11 is 0. The van der Waals surface area contributed by atoms with Gasteiger partial charge in [-0.2, -0.15) is 0 Å². The lowest BCUT2D eigenvalue weighted by atomic mass is 9.66. The zero-order valence-electron chi connectivity index (χ0n) is 27.0. The van der Waals surface area contributed by atoms with Crippen LogP contribution in [0.25, 0.3) is 0 Å². The summed E-state index contributed by atoms with van der Waals surface area (Å²) < 4.78 is 37.8. The first-order valence-corrected chi connectivity index (χ1v) is 20.1. The van der Waals surface area contributed by atoms with Crippen LogP contribution in [0, 0.1) is 5.92 Å². The Morgan fingerprint density at radius 2 is 1.75 bits per heavy atom. The van der Waals surface area contributed by atoms with E-state index in [-0.39, 0.29) is 28.1 Å². The van der Waals surface area contributed by atoms with Crippen LogP contribution in [0.4, 0.5) is 0 Å². The molecule has 0 N–H and O–H groups in total. The lowest BCUT2D eigenvalue weighted by Crippen LogP contribution is -2.47. The molecule has 0 unspecified atom stereocenters. The largest absolute Gasteiger partial charge is 0.543 e. The summed E-state index contributed by atoms with van der Waals surface area (Å²) in [5.74, 6) is 1.19. The van der Waals surface area contributed by atoms with Gasteiger partial charge in [0.05, 0.1) is 0 Å². The number of ketones is 1. The Bertz CT molecular complexity index is 1230. The van der Waals surface area contributed by atoms with Crippen LogP contribution in [-0.4, -0.2) is 40.1 Å². The van der Waals surface area contributed by atoms with Gasteiger partial charge in [-0.1, -0.05) is 73.3 Å². The Balaban J connectivity index is 2.14. The third kappa shape index (κ3) is 7.42. The van der Waals surface area contributed by atoms with Crippen LogP contribution in [-0.2, 0) is 20.0 Å². The van der Waals surface area contributed by atoms with Crippen molar-refractivity contribution < 1.29 is 22.4 Å². The number of carbonyl (C=O) groups is 1. The van der Waals surface area contributed by atoms with Gasteiger partial charge in [0.15, 0.2) is 15.6 Å². The second-order valence-corrected chi connectivity index (χ2v) is 21.9. The van der Waals surface area contributed by atoms with Crippen molar-refractivity contribution in [3.05, 3.63) is 34.9 Å². The van der Waals surface area contributed by atoms with Gasteiger partial charge in [0.25, 0.3) is 0 Å². The van der Waals surface area contributed by atoms with Gasteiger partial charge in [0.1, 0.15) is 22.9 Å². The van der Waals surface area contributed by atoms with E-state index in [4.69, 9.17) is 9.16 Å². The van der Waals surface area contributed by atoms with Crippen molar-refractivity contribution in [2.75, 3.05) is 12.0 Å². The molecule has 0 fully saturated rings. The normalized spacial score (nSPS) is 21.1. The number of sulfone groups is 1. The quantitative estimate of drug-likeness (QED) is 0.191. The molecule has 0 saturated heterocycles. The molecule has 1 aliphatic heterocycles. The van der Waals surface area contributed by atoms with Crippen LogP contribution in [0.1, 0.15) is 117 Å². The molecule has 1 heterocycles. The first kappa shape index (κ1) is 32.9. The van der Waals surface area contributed by atoms with E-state index in [1.165, 1.54) is 31.2 Å². The molecule has 0 spiro atoms. The molecule has 0 amide bonds. The van der Waals surface area contributed by atoms with Gasteiger partial charge in [0.2, 0.25) is 8.32 Å². The summed E-state index contributed by atoms with van der Waals surface area (Å²) in [7, 11) is -5.60. The number of fused-ring (bicyclic) bond motifs is 3. The average Bonchev–Trinajstić information content (AvgIpc) is 2.78. The van der Waals surface area contributed by atoms with E-state index < -0.39 is 29.5 Å². The van der Waals surface area contributed by atoms with E-state index in [1.54, 1.807) is 0 Å². The molecule has 1 aromatic carbocycles. The number of rotatable bonds is 11. The summed E-state index contributed by atoms with van der Waals surface area (Å²) in [6.07, 6.45) is 10.2. The fraction of sp³-hybridized carbons (Fsp3) is 0.727. The lowest BCUT2D eigenvalue weighted by Gasteiger charge is -2.48. The van der Waals surface area contributed by atoms with Crippen LogP contribution in [0.2, 0.25) is 18.1 Å². The third-order valence-electron chi connectivity index (χ3n) is 9.64. The molecule has 226 valence electrons. The van der Waals surface area contributed by atoms with Crippen LogP contribution in [0.5, 0.6) is 11.5 Å². The van der Waals surface area contributed by atoms with Gasteiger partial charge >= 0.3 is 0 Å². The number of Topliss-reactive ketones (excluding diaryl/α,β-unsaturated/α-hetero) is 1. The summed E-state index contributed by atoms with van der Waals surface area (Å²) in [5.41, 5.74) is 2.43. The van der Waals surface area contributed by atoms with E-state index in [9.17, 15) is 13.2 Å². The third-order valence-corrected chi connectivity index (χ3v) is 14.8. The minimum atomic E-state index is -3.40. The van der Waals surface area contributed by atoms with Crippen molar-refractivity contribution in [1.82, 2.24) is 0 Å². The van der Waals surface area contributed by atoms with Crippen molar-refractivity contribution in [2.45, 2.75) is 135 Å². The lowest BCUT2D eigenvalue weighted by molar-refractivity contribution is -0.113. The Kier molecular flexibility index (Phi) is 9.53. The maximum Gasteiger partial charge on any atom is 0.250 e. The van der Waals surface area contributed by atoms with Gasteiger partial charge in [-0.05, 0) is 79.9 Å². The number of unbranched alkanes of at least 4 members (excludes halogenated alkanes) is 3. The number of hydrogen-bond donors (Lipinski definition) is 0. The predicted molar refractivity (Wildman–Crippen MR) is 169 cm³/mol. The number of benzene rings is 1. The minimum absolute atomic E-state index is 0.0167. The van der Waals surface area contributed by atoms with Crippen LogP contribution in [0.3, 0.4) is 0 Å². The number of carbonyl (C=O) groups excluding carboxylic acids is 1. The Morgan fingerprint density at radius 1 is 1.10 bits per heavy atom. The van der Waals surface area contributed by atoms with Crippen LogP contribution in [0.15, 0.2) is 23.8 Å².